The van der Waals surface area contributed by atoms with Crippen LogP contribution in [0.4, 0.5) is 0 Å². The third-order valence-corrected chi connectivity index (χ3v) is 12.9. The molecular formula is C36H37ClN2O5S2. The molecule has 4 aromatic rings. The summed E-state index contributed by atoms with van der Waals surface area (Å²) in [5.41, 5.74) is 4.13. The van der Waals surface area contributed by atoms with Crippen molar-refractivity contribution in [3.63, 3.8) is 0 Å². The number of halogens is 1. The van der Waals surface area contributed by atoms with Gasteiger partial charge in [0.25, 0.3) is 0 Å². The molecule has 0 saturated carbocycles. The topological polar surface area (TPSA) is 84.0 Å². The number of fused-ring (bicyclic) bond motifs is 1. The Balaban J connectivity index is 1.56. The fraction of sp³-hybridized carbons (Fsp3) is 0.278. The Hall–Kier alpha value is -3.47. The Bertz CT molecular complexity index is 1950. The Morgan fingerprint density at radius 2 is 1.24 bits per heavy atom. The summed E-state index contributed by atoms with van der Waals surface area (Å²) in [5, 5.41) is 0.525. The van der Waals surface area contributed by atoms with Gasteiger partial charge in [-0.15, -0.1) is 0 Å². The molecule has 1 saturated heterocycles. The fourth-order valence-corrected chi connectivity index (χ4v) is 10.1. The van der Waals surface area contributed by atoms with Crippen LogP contribution < -0.4 is 0 Å². The molecule has 0 aromatic heterocycles. The van der Waals surface area contributed by atoms with Gasteiger partial charge in [0, 0.05) is 23.6 Å². The highest BCUT2D eigenvalue weighted by atomic mass is 35.5. The molecule has 0 amide bonds. The van der Waals surface area contributed by atoms with Crippen molar-refractivity contribution in [2.75, 3.05) is 13.2 Å². The maximum Gasteiger partial charge on any atom is 0.244 e. The standard InChI is InChI=1S/C36H37ClN2O5S2/c1-4-44-36-23-34(27-8-6-5-7-9-27)39(46(42,43)31-20-12-26(3)13-21-31)35-22-33(28-14-16-29(37)17-15-28)38(24-32(35)36)45(40,41)30-18-10-25(2)11-19-30/h5-21,33-35H,4,22-24H2,1-3H3/t33-,34-,35-/m0/s1. The summed E-state index contributed by atoms with van der Waals surface area (Å²) in [6.07, 6.45) is 0.464. The van der Waals surface area contributed by atoms with Gasteiger partial charge >= 0.3 is 0 Å². The monoisotopic (exact) mass is 676 g/mol. The lowest BCUT2D eigenvalue weighted by atomic mass is 9.84. The number of benzene rings is 4. The number of nitrogens with zero attached hydrogens (tertiary/aromatic N) is 2. The molecule has 6 rings (SSSR count). The average Bonchev–Trinajstić information content (AvgIpc) is 3.05. The van der Waals surface area contributed by atoms with E-state index < -0.39 is 38.2 Å². The van der Waals surface area contributed by atoms with Crippen molar-refractivity contribution in [2.45, 2.75) is 61.5 Å². The predicted molar refractivity (Wildman–Crippen MR) is 180 cm³/mol. The molecule has 0 bridgehead atoms. The van der Waals surface area contributed by atoms with E-state index in [1.807, 2.05) is 63.2 Å². The normalized spacial score (nSPS) is 21.2. The number of piperidine rings is 1. The number of rotatable bonds is 8. The molecule has 0 radical (unpaired) electrons. The van der Waals surface area contributed by atoms with E-state index >= 15 is 0 Å². The highest BCUT2D eigenvalue weighted by molar-refractivity contribution is 7.89. The molecule has 3 atom stereocenters. The quantitative estimate of drug-likeness (QED) is 0.192. The zero-order valence-corrected chi connectivity index (χ0v) is 28.4. The molecule has 1 fully saturated rings. The van der Waals surface area contributed by atoms with Gasteiger partial charge in [0.2, 0.25) is 20.0 Å². The van der Waals surface area contributed by atoms with Gasteiger partial charge < -0.3 is 4.74 Å². The Kier molecular flexibility index (Phi) is 9.15. The second-order valence-electron chi connectivity index (χ2n) is 11.8. The summed E-state index contributed by atoms with van der Waals surface area (Å²) in [6.45, 7) is 6.05. The van der Waals surface area contributed by atoms with E-state index in [4.69, 9.17) is 16.3 Å². The van der Waals surface area contributed by atoms with E-state index in [-0.39, 0.29) is 29.2 Å². The maximum atomic E-state index is 14.7. The van der Waals surface area contributed by atoms with Gasteiger partial charge in [0.1, 0.15) is 0 Å². The van der Waals surface area contributed by atoms with Crippen LogP contribution in [0.15, 0.2) is 124 Å². The van der Waals surface area contributed by atoms with Crippen LogP contribution in [0.25, 0.3) is 0 Å². The molecule has 0 aliphatic carbocycles. The minimum absolute atomic E-state index is 0.0229. The van der Waals surface area contributed by atoms with Gasteiger partial charge in [-0.2, -0.15) is 8.61 Å². The molecule has 0 unspecified atom stereocenters. The Morgan fingerprint density at radius 1 is 0.696 bits per heavy atom. The lowest BCUT2D eigenvalue weighted by molar-refractivity contribution is 0.118. The summed E-state index contributed by atoms with van der Waals surface area (Å²) in [7, 11) is -8.06. The third kappa shape index (κ3) is 6.14. The molecule has 10 heteroatoms. The van der Waals surface area contributed by atoms with E-state index in [0.717, 1.165) is 22.3 Å². The average molecular weight is 677 g/mol. The number of hydrogen-bond donors (Lipinski definition) is 0. The van der Waals surface area contributed by atoms with Gasteiger partial charge in [-0.3, -0.25) is 0 Å². The van der Waals surface area contributed by atoms with Crippen molar-refractivity contribution in [1.82, 2.24) is 8.61 Å². The van der Waals surface area contributed by atoms with Crippen molar-refractivity contribution >= 4 is 31.6 Å². The largest absolute Gasteiger partial charge is 0.498 e. The molecule has 0 N–H and O–H groups in total. The minimum atomic E-state index is -4.05. The smallest absolute Gasteiger partial charge is 0.244 e. The molecule has 2 aliphatic heterocycles. The first-order valence-corrected chi connectivity index (χ1v) is 18.6. The summed E-state index contributed by atoms with van der Waals surface area (Å²) < 4.78 is 67.6. The van der Waals surface area contributed by atoms with Gasteiger partial charge in [-0.05, 0) is 74.7 Å². The van der Waals surface area contributed by atoms with E-state index in [1.54, 1.807) is 65.0 Å². The van der Waals surface area contributed by atoms with Crippen molar-refractivity contribution in [3.05, 3.63) is 142 Å². The number of hydrogen-bond acceptors (Lipinski definition) is 5. The van der Waals surface area contributed by atoms with Gasteiger partial charge in [0.15, 0.2) is 0 Å². The predicted octanol–water partition coefficient (Wildman–Crippen LogP) is 7.59. The van der Waals surface area contributed by atoms with Crippen LogP contribution in [-0.2, 0) is 24.8 Å². The zero-order valence-electron chi connectivity index (χ0n) is 26.0. The van der Waals surface area contributed by atoms with Crippen LogP contribution in [0.3, 0.4) is 0 Å². The molecule has 240 valence electrons. The number of aryl methyl sites for hydroxylation is 2. The molecule has 2 heterocycles. The van der Waals surface area contributed by atoms with E-state index in [2.05, 4.69) is 0 Å². The number of sulfonamides is 2. The first-order chi connectivity index (χ1) is 22.0. The summed E-state index contributed by atoms with van der Waals surface area (Å²) in [5.74, 6) is 0.635. The van der Waals surface area contributed by atoms with Gasteiger partial charge in [-0.1, -0.05) is 89.5 Å². The van der Waals surface area contributed by atoms with Crippen molar-refractivity contribution in [3.8, 4) is 0 Å². The minimum Gasteiger partial charge on any atom is -0.498 e. The van der Waals surface area contributed by atoms with Crippen LogP contribution in [-0.4, -0.2) is 44.6 Å². The lowest BCUT2D eigenvalue weighted by Gasteiger charge is -2.49. The lowest BCUT2D eigenvalue weighted by Crippen LogP contribution is -2.54. The number of ether oxygens (including phenoxy) is 1. The van der Waals surface area contributed by atoms with Crippen molar-refractivity contribution in [2.24, 2.45) is 0 Å². The third-order valence-electron chi connectivity index (χ3n) is 8.86. The molecular weight excluding hydrogens is 640 g/mol. The van der Waals surface area contributed by atoms with Crippen LogP contribution in [0.1, 0.15) is 54.1 Å². The van der Waals surface area contributed by atoms with Gasteiger partial charge in [-0.25, -0.2) is 16.8 Å². The second kappa shape index (κ2) is 13.0. The molecule has 2 aliphatic rings. The Labute approximate surface area is 277 Å². The second-order valence-corrected chi connectivity index (χ2v) is 16.0. The highest BCUT2D eigenvalue weighted by Gasteiger charge is 2.51. The first-order valence-electron chi connectivity index (χ1n) is 15.3. The molecule has 46 heavy (non-hydrogen) atoms. The van der Waals surface area contributed by atoms with E-state index in [1.165, 1.54) is 4.31 Å². The van der Waals surface area contributed by atoms with Crippen LogP contribution >= 0.6 is 11.6 Å². The fourth-order valence-electron chi connectivity index (χ4n) is 6.52. The maximum absolute atomic E-state index is 14.7. The van der Waals surface area contributed by atoms with Crippen molar-refractivity contribution in [1.29, 1.82) is 0 Å². The SMILES string of the molecule is CCOC1=C2CN(S(=O)(=O)c3ccc(C)cc3)[C@H](c3ccc(Cl)cc3)C[C@@H]2N(S(=O)(=O)c2ccc(C)cc2)[C@H](c2ccccc2)C1. The van der Waals surface area contributed by atoms with Crippen LogP contribution in [0, 0.1) is 13.8 Å². The Morgan fingerprint density at radius 3 is 1.80 bits per heavy atom. The molecule has 7 nitrogen and oxygen atoms in total. The first kappa shape index (κ1) is 32.5. The zero-order chi connectivity index (χ0) is 32.6. The highest BCUT2D eigenvalue weighted by Crippen LogP contribution is 2.49. The van der Waals surface area contributed by atoms with Crippen molar-refractivity contribution < 1.29 is 21.6 Å². The summed E-state index contributed by atoms with van der Waals surface area (Å²) in [6, 6.07) is 28.5. The van der Waals surface area contributed by atoms with Crippen LogP contribution in [0.5, 0.6) is 0 Å². The van der Waals surface area contributed by atoms with E-state index in [9.17, 15) is 16.8 Å². The van der Waals surface area contributed by atoms with Gasteiger partial charge in [0.05, 0.1) is 40.3 Å². The summed E-state index contributed by atoms with van der Waals surface area (Å²) >= 11 is 6.26. The summed E-state index contributed by atoms with van der Waals surface area (Å²) in [4.78, 5) is 0.368. The van der Waals surface area contributed by atoms with E-state index in [0.29, 0.717) is 23.0 Å². The van der Waals surface area contributed by atoms with Crippen LogP contribution in [0.2, 0.25) is 5.02 Å². The molecule has 4 aromatic carbocycles. The molecule has 0 spiro atoms.